The fraction of sp³-hybridized carbons (Fsp3) is 0.812. The minimum atomic E-state index is 0.785. The second-order valence-corrected chi connectivity index (χ2v) is 5.62. The molecule has 0 radical (unpaired) electrons. The predicted octanol–water partition coefficient (Wildman–Crippen LogP) is 3.55. The zero-order valence-corrected chi connectivity index (χ0v) is 13.4. The Balaban J connectivity index is 2.81. The molecule has 0 aromatic carbocycles. The molecule has 1 rings (SSSR count). The van der Waals surface area contributed by atoms with Gasteiger partial charge >= 0.3 is 0 Å². The minimum absolute atomic E-state index is 0.785. The molecule has 0 aliphatic heterocycles. The first-order valence-electron chi connectivity index (χ1n) is 7.92. The maximum atomic E-state index is 4.83. The Labute approximate surface area is 118 Å². The van der Waals surface area contributed by atoms with Crippen molar-refractivity contribution in [2.75, 3.05) is 6.54 Å². The standard InChI is InChI=1S/C16H31N3/c1-6-15-14(12-17-8-3)16(7-2)19(18-15)11-9-10-13(4)5/h13,17H,6-12H2,1-5H3. The minimum Gasteiger partial charge on any atom is -0.313 e. The molecule has 0 saturated heterocycles. The summed E-state index contributed by atoms with van der Waals surface area (Å²) in [4.78, 5) is 0. The van der Waals surface area contributed by atoms with Gasteiger partial charge in [-0.2, -0.15) is 5.10 Å². The Morgan fingerprint density at radius 3 is 2.42 bits per heavy atom. The van der Waals surface area contributed by atoms with E-state index in [0.29, 0.717) is 0 Å². The molecule has 1 N–H and O–H groups in total. The molecule has 1 aromatic heterocycles. The lowest BCUT2D eigenvalue weighted by molar-refractivity contribution is 0.478. The Hall–Kier alpha value is -0.830. The molecule has 110 valence electrons. The van der Waals surface area contributed by atoms with Gasteiger partial charge in [0.05, 0.1) is 5.69 Å². The van der Waals surface area contributed by atoms with Gasteiger partial charge in [-0.3, -0.25) is 4.68 Å². The van der Waals surface area contributed by atoms with E-state index in [0.717, 1.165) is 38.4 Å². The molecule has 3 heteroatoms. The van der Waals surface area contributed by atoms with E-state index < -0.39 is 0 Å². The van der Waals surface area contributed by atoms with E-state index in [4.69, 9.17) is 5.10 Å². The maximum absolute atomic E-state index is 4.83. The van der Waals surface area contributed by atoms with Gasteiger partial charge in [0.15, 0.2) is 0 Å². The monoisotopic (exact) mass is 265 g/mol. The van der Waals surface area contributed by atoms with Crippen molar-refractivity contribution in [3.05, 3.63) is 17.0 Å². The van der Waals surface area contributed by atoms with E-state index in [1.165, 1.54) is 29.8 Å². The summed E-state index contributed by atoms with van der Waals surface area (Å²) in [5.41, 5.74) is 4.15. The highest BCUT2D eigenvalue weighted by Gasteiger charge is 2.14. The highest BCUT2D eigenvalue weighted by Crippen LogP contribution is 2.17. The van der Waals surface area contributed by atoms with Crippen molar-refractivity contribution in [2.24, 2.45) is 5.92 Å². The number of hydrogen-bond donors (Lipinski definition) is 1. The van der Waals surface area contributed by atoms with E-state index in [1.807, 2.05) is 0 Å². The van der Waals surface area contributed by atoms with Crippen LogP contribution in [-0.4, -0.2) is 16.3 Å². The van der Waals surface area contributed by atoms with Crippen LogP contribution >= 0.6 is 0 Å². The molecule has 1 aromatic rings. The molecule has 0 saturated carbocycles. The van der Waals surface area contributed by atoms with Gasteiger partial charge in [0.25, 0.3) is 0 Å². The number of rotatable bonds is 9. The molecule has 0 aliphatic rings. The largest absolute Gasteiger partial charge is 0.313 e. The average Bonchev–Trinajstić information content (AvgIpc) is 2.72. The fourth-order valence-corrected chi connectivity index (χ4v) is 2.56. The third-order valence-corrected chi connectivity index (χ3v) is 3.62. The van der Waals surface area contributed by atoms with Crippen LogP contribution in [0.1, 0.15) is 64.4 Å². The van der Waals surface area contributed by atoms with Gasteiger partial charge in [0.1, 0.15) is 0 Å². The van der Waals surface area contributed by atoms with Gasteiger partial charge < -0.3 is 5.32 Å². The number of hydrogen-bond acceptors (Lipinski definition) is 2. The van der Waals surface area contributed by atoms with E-state index in [-0.39, 0.29) is 0 Å². The molecule has 0 bridgehead atoms. The van der Waals surface area contributed by atoms with Crippen LogP contribution in [0.4, 0.5) is 0 Å². The van der Waals surface area contributed by atoms with Gasteiger partial charge in [0, 0.05) is 24.3 Å². The van der Waals surface area contributed by atoms with Crippen LogP contribution in [0.2, 0.25) is 0 Å². The Bertz CT molecular complexity index is 366. The summed E-state index contributed by atoms with van der Waals surface area (Å²) in [6.45, 7) is 14.2. The Morgan fingerprint density at radius 1 is 1.16 bits per heavy atom. The smallest absolute Gasteiger partial charge is 0.0669 e. The molecular weight excluding hydrogens is 234 g/mol. The van der Waals surface area contributed by atoms with Crippen molar-refractivity contribution in [2.45, 2.75) is 73.4 Å². The van der Waals surface area contributed by atoms with Gasteiger partial charge in [-0.1, -0.05) is 34.6 Å². The average molecular weight is 265 g/mol. The summed E-state index contributed by atoms with van der Waals surface area (Å²) in [5, 5.41) is 8.27. The van der Waals surface area contributed by atoms with Crippen LogP contribution in [0.5, 0.6) is 0 Å². The van der Waals surface area contributed by atoms with E-state index in [1.54, 1.807) is 0 Å². The van der Waals surface area contributed by atoms with Crippen LogP contribution in [0, 0.1) is 5.92 Å². The highest BCUT2D eigenvalue weighted by molar-refractivity contribution is 5.26. The first-order valence-corrected chi connectivity index (χ1v) is 7.92. The van der Waals surface area contributed by atoms with Crippen molar-refractivity contribution >= 4 is 0 Å². The second kappa shape index (κ2) is 8.36. The molecular formula is C16H31N3. The first-order chi connectivity index (χ1) is 9.13. The number of aromatic nitrogens is 2. The molecule has 0 amide bonds. The van der Waals surface area contributed by atoms with Crippen molar-refractivity contribution in [3.63, 3.8) is 0 Å². The van der Waals surface area contributed by atoms with Crippen molar-refractivity contribution in [1.29, 1.82) is 0 Å². The maximum Gasteiger partial charge on any atom is 0.0669 e. The van der Waals surface area contributed by atoms with E-state index in [2.05, 4.69) is 44.6 Å². The molecule has 0 aliphatic carbocycles. The fourth-order valence-electron chi connectivity index (χ4n) is 2.56. The zero-order valence-electron chi connectivity index (χ0n) is 13.4. The highest BCUT2D eigenvalue weighted by atomic mass is 15.3. The molecule has 0 spiro atoms. The SMILES string of the molecule is CCNCc1c(CC)nn(CCCC(C)C)c1CC. The molecule has 0 atom stereocenters. The first kappa shape index (κ1) is 16.2. The van der Waals surface area contributed by atoms with Crippen molar-refractivity contribution < 1.29 is 0 Å². The van der Waals surface area contributed by atoms with E-state index in [9.17, 15) is 0 Å². The topological polar surface area (TPSA) is 29.9 Å². The number of nitrogens with one attached hydrogen (secondary N) is 1. The number of aryl methyl sites for hydroxylation is 2. The third-order valence-electron chi connectivity index (χ3n) is 3.62. The predicted molar refractivity (Wildman–Crippen MR) is 82.4 cm³/mol. The van der Waals surface area contributed by atoms with Crippen LogP contribution in [0.3, 0.4) is 0 Å². The van der Waals surface area contributed by atoms with Gasteiger partial charge in [0.2, 0.25) is 0 Å². The lowest BCUT2D eigenvalue weighted by Crippen LogP contribution is -2.14. The molecule has 0 fully saturated rings. The van der Waals surface area contributed by atoms with Crippen LogP contribution in [0.15, 0.2) is 0 Å². The Morgan fingerprint density at radius 2 is 1.89 bits per heavy atom. The third kappa shape index (κ3) is 4.64. The van der Waals surface area contributed by atoms with Crippen molar-refractivity contribution in [1.82, 2.24) is 15.1 Å². The Kier molecular flexibility index (Phi) is 7.14. The van der Waals surface area contributed by atoms with Crippen molar-refractivity contribution in [3.8, 4) is 0 Å². The lowest BCUT2D eigenvalue weighted by atomic mass is 10.1. The summed E-state index contributed by atoms with van der Waals surface area (Å²) < 4.78 is 2.26. The van der Waals surface area contributed by atoms with Crippen LogP contribution < -0.4 is 5.32 Å². The normalized spacial score (nSPS) is 11.5. The lowest BCUT2D eigenvalue weighted by Gasteiger charge is -2.09. The van der Waals surface area contributed by atoms with Crippen LogP contribution in [0.25, 0.3) is 0 Å². The zero-order chi connectivity index (χ0) is 14.3. The summed E-state index contributed by atoms with van der Waals surface area (Å²) in [6.07, 6.45) is 4.63. The molecule has 3 nitrogen and oxygen atoms in total. The second-order valence-electron chi connectivity index (χ2n) is 5.62. The van der Waals surface area contributed by atoms with Crippen LogP contribution in [-0.2, 0) is 25.9 Å². The van der Waals surface area contributed by atoms with Gasteiger partial charge in [-0.25, -0.2) is 0 Å². The summed E-state index contributed by atoms with van der Waals surface area (Å²) in [6, 6.07) is 0. The molecule has 0 unspecified atom stereocenters. The molecule has 19 heavy (non-hydrogen) atoms. The van der Waals surface area contributed by atoms with Gasteiger partial charge in [-0.15, -0.1) is 0 Å². The molecule has 1 heterocycles. The van der Waals surface area contributed by atoms with E-state index >= 15 is 0 Å². The summed E-state index contributed by atoms with van der Waals surface area (Å²) in [5.74, 6) is 0.785. The number of nitrogens with zero attached hydrogens (tertiary/aromatic N) is 2. The summed E-state index contributed by atoms with van der Waals surface area (Å²) >= 11 is 0. The quantitative estimate of drug-likeness (QED) is 0.740. The summed E-state index contributed by atoms with van der Waals surface area (Å²) in [7, 11) is 0. The van der Waals surface area contributed by atoms with Gasteiger partial charge in [-0.05, 0) is 38.1 Å².